The van der Waals surface area contributed by atoms with Gasteiger partial charge < -0.3 is 15.0 Å². The second-order valence-corrected chi connectivity index (χ2v) is 8.44. The summed E-state index contributed by atoms with van der Waals surface area (Å²) in [6, 6.07) is 14.6. The van der Waals surface area contributed by atoms with E-state index in [2.05, 4.69) is 10.6 Å². The number of fused-ring (bicyclic) bond motifs is 1. The number of thiocarbonyl (C=S) groups is 1. The number of hydrogen-bond donors (Lipinski definition) is 2. The summed E-state index contributed by atoms with van der Waals surface area (Å²) in [6.07, 6.45) is 0. The Morgan fingerprint density at radius 3 is 2.53 bits per heavy atom. The molecule has 3 aromatic rings. The largest absolute Gasteiger partial charge is 0.378 e. The molecule has 2 heterocycles. The fraction of sp³-hybridized carbons (Fsp3) is 0.190. The maximum Gasteiger partial charge on any atom is 0.269 e. The molecule has 30 heavy (non-hydrogen) atoms. The number of benzene rings is 2. The number of nitrogens with one attached hydrogen (secondary N) is 2. The van der Waals surface area contributed by atoms with Crippen molar-refractivity contribution < 1.29 is 14.3 Å². The molecule has 0 atom stereocenters. The van der Waals surface area contributed by atoms with E-state index < -0.39 is 5.91 Å². The smallest absolute Gasteiger partial charge is 0.269 e. The topological polar surface area (TPSA) is 70.7 Å². The molecule has 1 aliphatic rings. The van der Waals surface area contributed by atoms with E-state index in [0.29, 0.717) is 47.5 Å². The SMILES string of the molecule is O=C(NC(=S)Nc1ccccc1C(=O)N1CCOCC1)c1sc2ccccc2c1Cl. The monoisotopic (exact) mass is 459 g/mol. The third kappa shape index (κ3) is 4.32. The van der Waals surface area contributed by atoms with Crippen LogP contribution in [0.15, 0.2) is 48.5 Å². The van der Waals surface area contributed by atoms with Gasteiger partial charge >= 0.3 is 0 Å². The molecule has 2 amide bonds. The molecule has 6 nitrogen and oxygen atoms in total. The first-order valence-electron chi connectivity index (χ1n) is 9.30. The van der Waals surface area contributed by atoms with E-state index in [9.17, 15) is 9.59 Å². The van der Waals surface area contributed by atoms with Gasteiger partial charge in [-0.2, -0.15) is 0 Å². The van der Waals surface area contributed by atoms with Crippen LogP contribution in [0.5, 0.6) is 0 Å². The molecule has 0 spiro atoms. The molecule has 154 valence electrons. The highest BCUT2D eigenvalue weighted by Crippen LogP contribution is 2.35. The van der Waals surface area contributed by atoms with Crippen molar-refractivity contribution in [2.45, 2.75) is 0 Å². The molecule has 2 N–H and O–H groups in total. The third-order valence-electron chi connectivity index (χ3n) is 4.67. The number of amides is 2. The average Bonchev–Trinajstić information content (AvgIpc) is 3.11. The molecule has 0 saturated carbocycles. The van der Waals surface area contributed by atoms with Gasteiger partial charge in [0.1, 0.15) is 4.88 Å². The molecular weight excluding hydrogens is 442 g/mol. The van der Waals surface area contributed by atoms with Crippen LogP contribution in [0, 0.1) is 0 Å². The van der Waals surface area contributed by atoms with Gasteiger partial charge in [0.15, 0.2) is 5.11 Å². The maximum absolute atomic E-state index is 12.9. The van der Waals surface area contributed by atoms with Gasteiger partial charge in [0.05, 0.1) is 29.5 Å². The number of para-hydroxylation sites is 1. The van der Waals surface area contributed by atoms with Gasteiger partial charge in [-0.3, -0.25) is 14.9 Å². The van der Waals surface area contributed by atoms with E-state index in [1.807, 2.05) is 24.3 Å². The number of morpholine rings is 1. The van der Waals surface area contributed by atoms with Crippen LogP contribution < -0.4 is 10.6 Å². The van der Waals surface area contributed by atoms with Crippen molar-refractivity contribution in [3.8, 4) is 0 Å². The molecule has 1 fully saturated rings. The number of nitrogens with zero attached hydrogens (tertiary/aromatic N) is 1. The number of rotatable bonds is 3. The van der Waals surface area contributed by atoms with E-state index in [4.69, 9.17) is 28.6 Å². The Balaban J connectivity index is 1.48. The van der Waals surface area contributed by atoms with Crippen LogP contribution in [0.4, 0.5) is 5.69 Å². The lowest BCUT2D eigenvalue weighted by Crippen LogP contribution is -2.41. The van der Waals surface area contributed by atoms with E-state index in [-0.39, 0.29) is 11.0 Å². The first-order chi connectivity index (χ1) is 14.5. The van der Waals surface area contributed by atoms with Crippen LogP contribution in [0.3, 0.4) is 0 Å². The first kappa shape index (κ1) is 20.7. The first-order valence-corrected chi connectivity index (χ1v) is 10.9. The number of carbonyl (C=O) groups is 2. The molecule has 0 radical (unpaired) electrons. The van der Waals surface area contributed by atoms with E-state index >= 15 is 0 Å². The quantitative estimate of drug-likeness (QED) is 0.576. The molecule has 1 saturated heterocycles. The molecule has 9 heteroatoms. The van der Waals surface area contributed by atoms with E-state index in [0.717, 1.165) is 10.1 Å². The van der Waals surface area contributed by atoms with Gasteiger partial charge in [0, 0.05) is 23.2 Å². The number of anilines is 1. The van der Waals surface area contributed by atoms with Crippen molar-refractivity contribution >= 4 is 67.9 Å². The lowest BCUT2D eigenvalue weighted by Gasteiger charge is -2.27. The Kier molecular flexibility index (Phi) is 6.29. The van der Waals surface area contributed by atoms with Crippen LogP contribution in [-0.2, 0) is 4.74 Å². The predicted octanol–water partition coefficient (Wildman–Crippen LogP) is 4.15. The Bertz CT molecular complexity index is 1130. The second kappa shape index (κ2) is 9.09. The summed E-state index contributed by atoms with van der Waals surface area (Å²) >= 11 is 13.0. The lowest BCUT2D eigenvalue weighted by atomic mass is 10.1. The number of thiophene rings is 1. The summed E-state index contributed by atoms with van der Waals surface area (Å²) in [5, 5.41) is 6.94. The normalized spacial score (nSPS) is 13.8. The number of hydrogen-bond acceptors (Lipinski definition) is 5. The number of ether oxygens (including phenoxy) is 1. The maximum atomic E-state index is 12.9. The lowest BCUT2D eigenvalue weighted by molar-refractivity contribution is 0.0303. The Labute approximate surface area is 187 Å². The van der Waals surface area contributed by atoms with Crippen LogP contribution in [0.2, 0.25) is 5.02 Å². The fourth-order valence-electron chi connectivity index (χ4n) is 3.19. The zero-order valence-electron chi connectivity index (χ0n) is 15.8. The Morgan fingerprint density at radius 1 is 1.07 bits per heavy atom. The van der Waals surface area contributed by atoms with Crippen molar-refractivity contribution in [3.63, 3.8) is 0 Å². The van der Waals surface area contributed by atoms with Crippen molar-refractivity contribution in [3.05, 3.63) is 64.0 Å². The third-order valence-corrected chi connectivity index (χ3v) is 6.55. The van der Waals surface area contributed by atoms with Gasteiger partial charge in [-0.15, -0.1) is 11.3 Å². The molecular formula is C21H18ClN3O3S2. The zero-order chi connectivity index (χ0) is 21.1. The molecule has 1 aliphatic heterocycles. The van der Waals surface area contributed by atoms with Crippen LogP contribution in [0.1, 0.15) is 20.0 Å². The van der Waals surface area contributed by atoms with Crippen LogP contribution in [-0.4, -0.2) is 48.1 Å². The summed E-state index contributed by atoms with van der Waals surface area (Å²) in [5.41, 5.74) is 1.01. The van der Waals surface area contributed by atoms with E-state index in [1.165, 1.54) is 11.3 Å². The highest BCUT2D eigenvalue weighted by Gasteiger charge is 2.22. The molecule has 2 aromatic carbocycles. The van der Waals surface area contributed by atoms with Crippen LogP contribution >= 0.6 is 35.2 Å². The van der Waals surface area contributed by atoms with Crippen molar-refractivity contribution in [1.29, 1.82) is 0 Å². The summed E-state index contributed by atoms with van der Waals surface area (Å²) in [7, 11) is 0. The van der Waals surface area contributed by atoms with Crippen LogP contribution in [0.25, 0.3) is 10.1 Å². The summed E-state index contributed by atoms with van der Waals surface area (Å²) in [4.78, 5) is 27.7. The molecule has 4 rings (SSSR count). The summed E-state index contributed by atoms with van der Waals surface area (Å²) < 4.78 is 6.23. The Morgan fingerprint density at radius 2 is 1.77 bits per heavy atom. The average molecular weight is 460 g/mol. The summed E-state index contributed by atoms with van der Waals surface area (Å²) in [5.74, 6) is -0.501. The van der Waals surface area contributed by atoms with Gasteiger partial charge in [-0.1, -0.05) is 41.9 Å². The highest BCUT2D eigenvalue weighted by molar-refractivity contribution is 7.80. The fourth-order valence-corrected chi connectivity index (χ4v) is 4.80. The minimum absolute atomic E-state index is 0.0933. The number of carbonyl (C=O) groups excluding carboxylic acids is 2. The second-order valence-electron chi connectivity index (χ2n) is 6.60. The molecule has 0 unspecified atom stereocenters. The van der Waals surface area contributed by atoms with Gasteiger partial charge in [-0.05, 0) is 30.4 Å². The standard InChI is InChI=1S/C21H18ClN3O3S2/c22-17-14-6-2-4-8-16(14)30-18(17)19(26)24-21(29)23-15-7-3-1-5-13(15)20(27)25-9-11-28-12-10-25/h1-8H,9-12H2,(H2,23,24,26,29). The van der Waals surface area contributed by atoms with Gasteiger partial charge in [-0.25, -0.2) is 0 Å². The number of halogens is 1. The highest BCUT2D eigenvalue weighted by atomic mass is 35.5. The zero-order valence-corrected chi connectivity index (χ0v) is 18.2. The molecule has 0 bridgehead atoms. The Hall–Kier alpha value is -2.52. The van der Waals surface area contributed by atoms with Crippen molar-refractivity contribution in [1.82, 2.24) is 10.2 Å². The molecule has 1 aromatic heterocycles. The molecule has 0 aliphatic carbocycles. The predicted molar refractivity (Wildman–Crippen MR) is 124 cm³/mol. The van der Waals surface area contributed by atoms with E-state index in [1.54, 1.807) is 29.2 Å². The van der Waals surface area contributed by atoms with Gasteiger partial charge in [0.2, 0.25) is 0 Å². The minimum atomic E-state index is -0.393. The summed E-state index contributed by atoms with van der Waals surface area (Å²) in [6.45, 7) is 2.12. The van der Waals surface area contributed by atoms with Crippen molar-refractivity contribution in [2.75, 3.05) is 31.6 Å². The van der Waals surface area contributed by atoms with Crippen molar-refractivity contribution in [2.24, 2.45) is 0 Å². The minimum Gasteiger partial charge on any atom is -0.378 e. The van der Waals surface area contributed by atoms with Gasteiger partial charge in [0.25, 0.3) is 11.8 Å².